The monoisotopic (exact) mass is 354 g/mol. The van der Waals surface area contributed by atoms with Crippen LogP contribution in [0.15, 0.2) is 0 Å². The van der Waals surface area contributed by atoms with Crippen LogP contribution in [-0.4, -0.2) is 55.0 Å². The van der Waals surface area contributed by atoms with Crippen molar-refractivity contribution in [1.82, 2.24) is 10.2 Å². The van der Waals surface area contributed by atoms with Gasteiger partial charge in [-0.2, -0.15) is 0 Å². The zero-order valence-corrected chi connectivity index (χ0v) is 16.1. The van der Waals surface area contributed by atoms with E-state index in [1.807, 2.05) is 0 Å². The first-order valence-electron chi connectivity index (χ1n) is 9.05. The first kappa shape index (κ1) is 17.9. The van der Waals surface area contributed by atoms with Gasteiger partial charge < -0.3 is 15.2 Å². The first-order valence-corrected chi connectivity index (χ1v) is 12.8. The molecule has 1 saturated heterocycles. The van der Waals surface area contributed by atoms with Crippen LogP contribution in [-0.2, 0) is 9.53 Å². The summed E-state index contributed by atoms with van der Waals surface area (Å²) in [4.78, 5) is 26.1. The van der Waals surface area contributed by atoms with Crippen LogP contribution in [0.1, 0.15) is 38.5 Å². The molecular formula is C17H30N2O4Si. The number of nitrogens with one attached hydrogen (secondary N) is 1. The molecule has 0 radical (unpaired) electrons. The van der Waals surface area contributed by atoms with Crippen molar-refractivity contribution >= 4 is 20.0 Å². The van der Waals surface area contributed by atoms with E-state index in [0.29, 0.717) is 19.4 Å². The number of ether oxygens (including phenoxy) is 1. The third-order valence-corrected chi connectivity index (χ3v) is 7.54. The van der Waals surface area contributed by atoms with Crippen LogP contribution < -0.4 is 5.32 Å². The van der Waals surface area contributed by atoms with Gasteiger partial charge in [0.1, 0.15) is 12.3 Å². The van der Waals surface area contributed by atoms with E-state index in [2.05, 4.69) is 25.0 Å². The Morgan fingerprint density at radius 1 is 1.25 bits per heavy atom. The third-order valence-electron chi connectivity index (χ3n) is 5.83. The number of imide groups is 1. The Morgan fingerprint density at radius 3 is 2.46 bits per heavy atom. The van der Waals surface area contributed by atoms with Crippen LogP contribution >= 0.6 is 0 Å². The number of aliphatic hydroxyl groups is 1. The minimum Gasteiger partial charge on any atom is -0.393 e. The van der Waals surface area contributed by atoms with E-state index in [1.165, 1.54) is 4.90 Å². The van der Waals surface area contributed by atoms with Gasteiger partial charge in [0.25, 0.3) is 5.91 Å². The van der Waals surface area contributed by atoms with Crippen molar-refractivity contribution in [3.8, 4) is 0 Å². The summed E-state index contributed by atoms with van der Waals surface area (Å²) < 4.78 is 5.59. The molecule has 3 fully saturated rings. The largest absolute Gasteiger partial charge is 0.393 e. The molecule has 0 unspecified atom stereocenters. The molecule has 2 N–H and O–H groups in total. The maximum Gasteiger partial charge on any atom is 0.326 e. The molecule has 0 aromatic heterocycles. The van der Waals surface area contributed by atoms with Crippen molar-refractivity contribution in [2.24, 2.45) is 5.41 Å². The molecular weight excluding hydrogens is 324 g/mol. The van der Waals surface area contributed by atoms with Gasteiger partial charge in [0, 0.05) is 14.7 Å². The van der Waals surface area contributed by atoms with Gasteiger partial charge in [-0.3, -0.25) is 4.79 Å². The Hall–Kier alpha value is -0.923. The summed E-state index contributed by atoms with van der Waals surface area (Å²) in [5.41, 5.74) is -0.571. The molecule has 2 spiro atoms. The number of aliphatic hydroxyl groups excluding tert-OH is 1. The highest BCUT2D eigenvalue weighted by Crippen LogP contribution is 2.58. The van der Waals surface area contributed by atoms with Crippen LogP contribution in [0.5, 0.6) is 0 Å². The average molecular weight is 355 g/mol. The van der Waals surface area contributed by atoms with Crippen LogP contribution in [0.2, 0.25) is 25.7 Å². The summed E-state index contributed by atoms with van der Waals surface area (Å²) in [5, 5.41) is 12.6. The summed E-state index contributed by atoms with van der Waals surface area (Å²) in [6, 6.07) is 0.700. The second kappa shape index (κ2) is 6.11. The number of carbonyl (C=O) groups excluding carboxylic acids is 2. The minimum atomic E-state index is -1.17. The van der Waals surface area contributed by atoms with Crippen LogP contribution in [0.25, 0.3) is 0 Å². The number of rotatable bonds is 5. The second-order valence-corrected chi connectivity index (χ2v) is 14.8. The molecule has 0 bridgehead atoms. The molecule has 3 rings (SSSR count). The van der Waals surface area contributed by atoms with Crippen LogP contribution in [0, 0.1) is 5.41 Å². The van der Waals surface area contributed by atoms with E-state index in [9.17, 15) is 14.7 Å². The van der Waals surface area contributed by atoms with Crippen LogP contribution in [0.3, 0.4) is 0 Å². The van der Waals surface area contributed by atoms with E-state index < -0.39 is 13.6 Å². The van der Waals surface area contributed by atoms with Crippen molar-refractivity contribution in [2.45, 2.75) is 75.9 Å². The predicted octanol–water partition coefficient (Wildman–Crippen LogP) is 2.30. The highest BCUT2D eigenvalue weighted by Gasteiger charge is 2.64. The van der Waals surface area contributed by atoms with Crippen molar-refractivity contribution in [3.05, 3.63) is 0 Å². The van der Waals surface area contributed by atoms with Gasteiger partial charge in [0.15, 0.2) is 0 Å². The summed E-state index contributed by atoms with van der Waals surface area (Å²) in [7, 11) is -1.17. The molecule has 6 nitrogen and oxygen atoms in total. The number of carbonyl (C=O) groups is 2. The standard InChI is InChI=1S/C17H30N2O4Si/c1-24(2,3)9-8-23-12-19-14(21)17(18-15(19)22)10-16(11-17)6-4-13(20)5-7-16/h13,20H,4-12H2,1-3H3,(H,18,22). The lowest BCUT2D eigenvalue weighted by atomic mass is 9.52. The first-order chi connectivity index (χ1) is 11.1. The Balaban J connectivity index is 1.52. The fourth-order valence-electron chi connectivity index (χ4n) is 4.36. The molecule has 0 atom stereocenters. The molecule has 2 aliphatic carbocycles. The van der Waals surface area contributed by atoms with E-state index in [1.54, 1.807) is 0 Å². The minimum absolute atomic E-state index is 0.0581. The summed E-state index contributed by atoms with van der Waals surface area (Å²) in [6.45, 7) is 7.47. The number of hydrogen-bond acceptors (Lipinski definition) is 4. The molecule has 1 heterocycles. The molecule has 1 aliphatic heterocycles. The van der Waals surface area contributed by atoms with Gasteiger partial charge >= 0.3 is 6.03 Å². The van der Waals surface area contributed by atoms with Crippen molar-refractivity contribution in [2.75, 3.05) is 13.3 Å². The Morgan fingerprint density at radius 2 is 1.88 bits per heavy atom. The molecule has 136 valence electrons. The number of amides is 3. The highest BCUT2D eigenvalue weighted by atomic mass is 28.3. The number of urea groups is 1. The Kier molecular flexibility index (Phi) is 4.55. The van der Waals surface area contributed by atoms with Crippen molar-refractivity contribution in [3.63, 3.8) is 0 Å². The van der Waals surface area contributed by atoms with Gasteiger partial charge in [-0.15, -0.1) is 0 Å². The zero-order valence-electron chi connectivity index (χ0n) is 15.1. The van der Waals surface area contributed by atoms with E-state index in [-0.39, 0.29) is 30.2 Å². The lowest BCUT2D eigenvalue weighted by Crippen LogP contribution is -2.63. The maximum absolute atomic E-state index is 12.7. The van der Waals surface area contributed by atoms with E-state index >= 15 is 0 Å². The maximum atomic E-state index is 12.7. The van der Waals surface area contributed by atoms with Gasteiger partial charge in [0.2, 0.25) is 0 Å². The molecule has 3 aliphatic rings. The number of hydrogen-bond donors (Lipinski definition) is 2. The molecule has 7 heteroatoms. The lowest BCUT2D eigenvalue weighted by molar-refractivity contribution is -0.146. The van der Waals surface area contributed by atoms with Gasteiger partial charge in [0.05, 0.1) is 6.10 Å². The zero-order chi connectivity index (χ0) is 17.6. The van der Waals surface area contributed by atoms with Gasteiger partial charge in [-0.25, -0.2) is 9.69 Å². The fraction of sp³-hybridized carbons (Fsp3) is 0.882. The highest BCUT2D eigenvalue weighted by molar-refractivity contribution is 6.76. The van der Waals surface area contributed by atoms with E-state index in [0.717, 1.165) is 31.7 Å². The summed E-state index contributed by atoms with van der Waals surface area (Å²) in [6.07, 6.45) is 4.74. The summed E-state index contributed by atoms with van der Waals surface area (Å²) in [5.74, 6) is -0.128. The predicted molar refractivity (Wildman–Crippen MR) is 93.2 cm³/mol. The fourth-order valence-corrected chi connectivity index (χ4v) is 5.12. The quantitative estimate of drug-likeness (QED) is 0.451. The number of nitrogens with zero attached hydrogens (tertiary/aromatic N) is 1. The van der Waals surface area contributed by atoms with Crippen molar-refractivity contribution < 1.29 is 19.4 Å². The average Bonchev–Trinajstić information content (AvgIpc) is 2.69. The second-order valence-electron chi connectivity index (χ2n) is 9.18. The Bertz CT molecular complexity index is 515. The molecule has 3 amide bonds. The summed E-state index contributed by atoms with van der Waals surface area (Å²) >= 11 is 0. The molecule has 24 heavy (non-hydrogen) atoms. The third kappa shape index (κ3) is 3.39. The van der Waals surface area contributed by atoms with Crippen LogP contribution in [0.4, 0.5) is 4.79 Å². The lowest BCUT2D eigenvalue weighted by Gasteiger charge is -2.55. The molecule has 2 saturated carbocycles. The SMILES string of the molecule is C[Si](C)(C)CCOCN1C(=O)NC2(CC3(CCC(O)CC3)C2)C1=O. The molecule has 0 aromatic carbocycles. The van der Waals surface area contributed by atoms with Gasteiger partial charge in [-0.1, -0.05) is 19.6 Å². The van der Waals surface area contributed by atoms with E-state index in [4.69, 9.17) is 4.74 Å². The van der Waals surface area contributed by atoms with Crippen molar-refractivity contribution in [1.29, 1.82) is 0 Å². The normalized spacial score (nSPS) is 36.3. The van der Waals surface area contributed by atoms with Gasteiger partial charge in [-0.05, 0) is 50.0 Å². The molecule has 0 aromatic rings. The topological polar surface area (TPSA) is 78.9 Å². The Labute approximate surface area is 144 Å². The smallest absolute Gasteiger partial charge is 0.326 e.